The number of nitrogens with one attached hydrogen (secondary N) is 1. The molecule has 1 aromatic rings. The second kappa shape index (κ2) is 8.44. The quantitative estimate of drug-likeness (QED) is 0.494. The molecule has 154 valence electrons. The lowest BCUT2D eigenvalue weighted by molar-refractivity contribution is -0.123. The van der Waals surface area contributed by atoms with Crippen LogP contribution in [0.4, 0.5) is 8.78 Å². The number of carbonyl (C=O) groups is 2. The SMILES string of the molecule is CC(F)(F)CCC(=O)N[C@H]1Cc2cccc(C(=O)OCS(C)(=O)=O)c2OB1O. The predicted octanol–water partition coefficient (Wildman–Crippen LogP) is 0.720. The van der Waals surface area contributed by atoms with Crippen molar-refractivity contribution >= 4 is 28.8 Å². The first-order valence-electron chi connectivity index (χ1n) is 8.34. The van der Waals surface area contributed by atoms with Crippen molar-refractivity contribution in [1.82, 2.24) is 5.32 Å². The predicted molar refractivity (Wildman–Crippen MR) is 95.7 cm³/mol. The van der Waals surface area contributed by atoms with Crippen molar-refractivity contribution in [2.24, 2.45) is 0 Å². The van der Waals surface area contributed by atoms with E-state index in [1.807, 2.05) is 0 Å². The van der Waals surface area contributed by atoms with E-state index in [9.17, 15) is 31.8 Å². The summed E-state index contributed by atoms with van der Waals surface area (Å²) in [5.74, 6) is -6.28. The average Bonchev–Trinajstić information content (AvgIpc) is 2.57. The standard InChI is InChI=1S/C16H20BF2NO7S/c1-16(18,19)7-6-13(21)20-12-8-10-4-3-5-11(14(10)27-17(12)23)15(22)26-9-28(2,24)25/h3-5,12,23H,6-9H2,1-2H3,(H,20,21)/t12-/m0/s1. The number of sulfone groups is 1. The lowest BCUT2D eigenvalue weighted by atomic mass is 9.72. The smallest absolute Gasteiger partial charge is 0.534 e. The Morgan fingerprint density at radius 2 is 2.11 bits per heavy atom. The van der Waals surface area contributed by atoms with Gasteiger partial charge in [0.2, 0.25) is 11.8 Å². The summed E-state index contributed by atoms with van der Waals surface area (Å²) < 4.78 is 58.0. The van der Waals surface area contributed by atoms with Crippen LogP contribution in [0.1, 0.15) is 35.7 Å². The Kier molecular flexibility index (Phi) is 6.65. The van der Waals surface area contributed by atoms with E-state index in [1.165, 1.54) is 12.1 Å². The molecule has 0 radical (unpaired) electrons. The summed E-state index contributed by atoms with van der Waals surface area (Å²) in [5.41, 5.74) is 0.390. The van der Waals surface area contributed by atoms with E-state index in [0.717, 1.165) is 6.26 Å². The highest BCUT2D eigenvalue weighted by Crippen LogP contribution is 2.30. The van der Waals surface area contributed by atoms with Crippen LogP contribution in [0, 0.1) is 0 Å². The van der Waals surface area contributed by atoms with Gasteiger partial charge in [0.25, 0.3) is 0 Å². The summed E-state index contributed by atoms with van der Waals surface area (Å²) in [6.07, 6.45) is -0.0620. The molecule has 1 aliphatic heterocycles. The Morgan fingerprint density at radius 3 is 2.71 bits per heavy atom. The third-order valence-corrected chi connectivity index (χ3v) is 4.43. The lowest BCUT2D eigenvalue weighted by Crippen LogP contribution is -2.53. The van der Waals surface area contributed by atoms with Crippen molar-refractivity contribution in [1.29, 1.82) is 0 Å². The molecule has 1 aliphatic rings. The second-order valence-corrected chi connectivity index (χ2v) is 8.81. The lowest BCUT2D eigenvalue weighted by Gasteiger charge is -2.29. The number of alkyl halides is 2. The third kappa shape index (κ3) is 6.45. The normalized spacial score (nSPS) is 16.8. The molecule has 0 bridgehead atoms. The van der Waals surface area contributed by atoms with Crippen molar-refractivity contribution in [3.63, 3.8) is 0 Å². The molecule has 2 N–H and O–H groups in total. The highest BCUT2D eigenvalue weighted by atomic mass is 32.2. The van der Waals surface area contributed by atoms with Gasteiger partial charge in [-0.25, -0.2) is 22.0 Å². The van der Waals surface area contributed by atoms with E-state index in [-0.39, 0.29) is 17.7 Å². The minimum atomic E-state index is -3.53. The minimum absolute atomic E-state index is 0.0130. The molecule has 0 fully saturated rings. The molecule has 0 aromatic heterocycles. The first-order valence-corrected chi connectivity index (χ1v) is 10.4. The van der Waals surface area contributed by atoms with Gasteiger partial charge in [0.05, 0.1) is 5.94 Å². The number of hydrogen-bond donors (Lipinski definition) is 2. The molecule has 0 spiro atoms. The zero-order valence-corrected chi connectivity index (χ0v) is 16.1. The fraction of sp³-hybridized carbons (Fsp3) is 0.500. The molecule has 8 nitrogen and oxygen atoms in total. The molecule has 0 saturated heterocycles. The summed E-state index contributed by atoms with van der Waals surface area (Å²) in [6.45, 7) is 0.708. The monoisotopic (exact) mass is 419 g/mol. The van der Waals surface area contributed by atoms with Gasteiger partial charge in [-0.05, 0) is 25.0 Å². The summed E-state index contributed by atoms with van der Waals surface area (Å²) in [6, 6.07) is 4.44. The third-order valence-electron chi connectivity index (χ3n) is 3.88. The van der Waals surface area contributed by atoms with Gasteiger partial charge in [-0.3, -0.25) is 4.79 Å². The number of benzene rings is 1. The number of fused-ring (bicyclic) bond motifs is 1. The van der Waals surface area contributed by atoms with Crippen molar-refractivity contribution < 1.29 is 41.2 Å². The van der Waals surface area contributed by atoms with E-state index in [4.69, 9.17) is 9.39 Å². The minimum Gasteiger partial charge on any atom is -0.534 e. The van der Waals surface area contributed by atoms with Crippen LogP contribution >= 0.6 is 0 Å². The molecule has 28 heavy (non-hydrogen) atoms. The van der Waals surface area contributed by atoms with Crippen LogP contribution < -0.4 is 9.97 Å². The Labute approximate surface area is 161 Å². The summed E-state index contributed by atoms with van der Waals surface area (Å²) in [5, 5.41) is 12.6. The largest absolute Gasteiger partial charge is 0.547 e. The van der Waals surface area contributed by atoms with Gasteiger partial charge in [0, 0.05) is 19.1 Å². The second-order valence-electron chi connectivity index (χ2n) is 6.73. The Balaban J connectivity index is 2.08. The fourth-order valence-electron chi connectivity index (χ4n) is 2.56. The van der Waals surface area contributed by atoms with Crippen LogP contribution in [-0.4, -0.2) is 56.5 Å². The molecule has 1 atom stereocenters. The zero-order chi connectivity index (χ0) is 21.1. The highest BCUT2D eigenvalue weighted by molar-refractivity contribution is 7.90. The summed E-state index contributed by atoms with van der Waals surface area (Å²) in [4.78, 5) is 23.9. The van der Waals surface area contributed by atoms with Gasteiger partial charge in [0.1, 0.15) is 11.3 Å². The zero-order valence-electron chi connectivity index (χ0n) is 15.3. The number of halogens is 2. The first kappa shape index (κ1) is 22.1. The maximum Gasteiger partial charge on any atom is 0.547 e. The Morgan fingerprint density at radius 1 is 1.43 bits per heavy atom. The van der Waals surface area contributed by atoms with Gasteiger partial charge < -0.3 is 19.7 Å². The highest BCUT2D eigenvalue weighted by Gasteiger charge is 2.38. The van der Waals surface area contributed by atoms with E-state index in [2.05, 4.69) is 5.32 Å². The van der Waals surface area contributed by atoms with Crippen LogP contribution in [0.5, 0.6) is 5.75 Å². The van der Waals surface area contributed by atoms with Gasteiger partial charge in [-0.15, -0.1) is 0 Å². The first-order chi connectivity index (χ1) is 12.9. The Hall–Kier alpha value is -2.21. The Bertz CT molecular complexity index is 857. The number of esters is 1. The fourth-order valence-corrected chi connectivity index (χ4v) is 2.88. The van der Waals surface area contributed by atoms with E-state index < -0.39 is 59.5 Å². The average molecular weight is 419 g/mol. The van der Waals surface area contributed by atoms with Crippen molar-refractivity contribution in [2.75, 3.05) is 12.2 Å². The maximum atomic E-state index is 12.9. The van der Waals surface area contributed by atoms with Gasteiger partial charge in [0.15, 0.2) is 15.8 Å². The van der Waals surface area contributed by atoms with E-state index in [0.29, 0.717) is 12.5 Å². The maximum absolute atomic E-state index is 12.9. The van der Waals surface area contributed by atoms with Gasteiger partial charge >= 0.3 is 13.1 Å². The summed E-state index contributed by atoms with van der Waals surface area (Å²) >= 11 is 0. The van der Waals surface area contributed by atoms with Crippen molar-refractivity contribution in [2.45, 2.75) is 38.0 Å². The molecule has 0 aliphatic carbocycles. The van der Waals surface area contributed by atoms with Crippen LogP contribution in [0.25, 0.3) is 0 Å². The van der Waals surface area contributed by atoms with Crippen molar-refractivity contribution in [3.8, 4) is 5.75 Å². The van der Waals surface area contributed by atoms with Crippen LogP contribution in [0.15, 0.2) is 18.2 Å². The molecule has 12 heteroatoms. The number of para-hydroxylation sites is 1. The van der Waals surface area contributed by atoms with Gasteiger partial charge in [-0.1, -0.05) is 12.1 Å². The molecule has 0 saturated carbocycles. The van der Waals surface area contributed by atoms with Crippen molar-refractivity contribution in [3.05, 3.63) is 29.3 Å². The molecular weight excluding hydrogens is 399 g/mol. The van der Waals surface area contributed by atoms with Crippen LogP contribution in [0.2, 0.25) is 0 Å². The number of carbonyl (C=O) groups excluding carboxylic acids is 2. The van der Waals surface area contributed by atoms with E-state index in [1.54, 1.807) is 6.07 Å². The molecule has 1 aromatic carbocycles. The van der Waals surface area contributed by atoms with Crippen LogP contribution in [-0.2, 0) is 25.8 Å². The number of amides is 1. The molecule has 1 heterocycles. The number of hydrogen-bond acceptors (Lipinski definition) is 7. The topological polar surface area (TPSA) is 119 Å². The number of rotatable bonds is 7. The molecule has 1 amide bonds. The summed E-state index contributed by atoms with van der Waals surface area (Å²) in [7, 11) is -5.06. The molecule has 2 rings (SSSR count). The molecular formula is C16H20BF2NO7S. The van der Waals surface area contributed by atoms with E-state index >= 15 is 0 Å². The van der Waals surface area contributed by atoms with Crippen LogP contribution in [0.3, 0.4) is 0 Å². The number of ether oxygens (including phenoxy) is 1. The molecule has 0 unspecified atom stereocenters. The van der Waals surface area contributed by atoms with Gasteiger partial charge in [-0.2, -0.15) is 0 Å².